The number of carboxylic acids is 1. The smallest absolute Gasteiger partial charge is 0.318 e. The van der Waals surface area contributed by atoms with Crippen LogP contribution in [0, 0.1) is 0 Å². The molecule has 1 aliphatic carbocycles. The third kappa shape index (κ3) is 4.19. The standard InChI is InChI=1S/C25H27N3O4/c1-15(26)12-25(24(31)32)22-8-6-18(16(2)27-13-29)10-20(22)4-5-21-11-19(7-9-23(21)25)17(3)28-14-30/h6-11,15-17H,4-5,12,26H2,1-3H3,(H,31,32)/t15-,16?,17?,25?/m0/s1. The van der Waals surface area contributed by atoms with Gasteiger partial charge >= 0.3 is 5.97 Å². The highest BCUT2D eigenvalue weighted by molar-refractivity contribution is 5.88. The minimum absolute atomic E-state index is 0.227. The first-order chi connectivity index (χ1) is 15.2. The molecule has 0 saturated heterocycles. The van der Waals surface area contributed by atoms with Crippen molar-refractivity contribution < 1.29 is 19.5 Å². The molecular formula is C25H27N3O4. The lowest BCUT2D eigenvalue weighted by molar-refractivity contribution is -0.142. The van der Waals surface area contributed by atoms with E-state index in [0.717, 1.165) is 22.3 Å². The Labute approximate surface area is 187 Å². The number of nitrogens with zero attached hydrogens (tertiary/aromatic N) is 2. The lowest BCUT2D eigenvalue weighted by Crippen LogP contribution is -2.42. The van der Waals surface area contributed by atoms with Crippen LogP contribution in [-0.2, 0) is 32.6 Å². The van der Waals surface area contributed by atoms with Gasteiger partial charge in [-0.2, -0.15) is 9.98 Å². The van der Waals surface area contributed by atoms with Crippen molar-refractivity contribution in [3.63, 3.8) is 0 Å². The number of aliphatic carboxylic acids is 1. The molecule has 7 heteroatoms. The number of isocyanates is 2. The molecule has 0 fully saturated rings. The minimum Gasteiger partial charge on any atom is -0.480 e. The summed E-state index contributed by atoms with van der Waals surface area (Å²) in [7, 11) is 0. The molecule has 32 heavy (non-hydrogen) atoms. The van der Waals surface area contributed by atoms with Gasteiger partial charge in [-0.25, -0.2) is 9.59 Å². The number of hydrogen-bond acceptors (Lipinski definition) is 6. The molecule has 7 nitrogen and oxygen atoms in total. The summed E-state index contributed by atoms with van der Waals surface area (Å²) in [5.74, 6) is -0.961. The first-order valence-corrected chi connectivity index (χ1v) is 10.6. The average Bonchev–Trinajstić information content (AvgIpc) is 2.88. The van der Waals surface area contributed by atoms with Gasteiger partial charge in [0, 0.05) is 6.04 Å². The van der Waals surface area contributed by atoms with Gasteiger partial charge in [0.25, 0.3) is 0 Å². The van der Waals surface area contributed by atoms with Crippen LogP contribution in [0.5, 0.6) is 0 Å². The van der Waals surface area contributed by atoms with Gasteiger partial charge in [0.15, 0.2) is 0 Å². The van der Waals surface area contributed by atoms with Crippen LogP contribution in [0.1, 0.15) is 72.7 Å². The lowest BCUT2D eigenvalue weighted by Gasteiger charge is -2.34. The van der Waals surface area contributed by atoms with E-state index in [1.807, 2.05) is 36.4 Å². The molecule has 0 aromatic heterocycles. The van der Waals surface area contributed by atoms with Crippen LogP contribution in [-0.4, -0.2) is 29.3 Å². The van der Waals surface area contributed by atoms with Crippen LogP contribution < -0.4 is 5.73 Å². The third-order valence-electron chi connectivity index (χ3n) is 6.29. The molecule has 0 aliphatic heterocycles. The molecule has 0 saturated carbocycles. The van der Waals surface area contributed by atoms with E-state index in [4.69, 9.17) is 5.73 Å². The highest BCUT2D eigenvalue weighted by Crippen LogP contribution is 2.44. The fourth-order valence-corrected chi connectivity index (χ4v) is 4.74. The summed E-state index contributed by atoms with van der Waals surface area (Å²) in [5, 5.41) is 10.6. The maximum atomic E-state index is 12.9. The summed E-state index contributed by atoms with van der Waals surface area (Å²) in [6.07, 6.45) is 4.65. The second-order valence-electron chi connectivity index (χ2n) is 8.52. The average molecular weight is 434 g/mol. The van der Waals surface area contributed by atoms with Crippen LogP contribution >= 0.6 is 0 Å². The molecule has 2 aromatic rings. The Morgan fingerprint density at radius 2 is 1.41 bits per heavy atom. The number of aliphatic imine (C=N–C) groups is 2. The van der Waals surface area contributed by atoms with Gasteiger partial charge < -0.3 is 10.8 Å². The molecular weight excluding hydrogens is 406 g/mol. The Bertz CT molecular complexity index is 1050. The van der Waals surface area contributed by atoms with Gasteiger partial charge in [0.2, 0.25) is 12.2 Å². The van der Waals surface area contributed by atoms with Crippen molar-refractivity contribution in [3.05, 3.63) is 69.8 Å². The van der Waals surface area contributed by atoms with Crippen molar-refractivity contribution >= 4 is 18.1 Å². The van der Waals surface area contributed by atoms with Crippen LogP contribution in [0.3, 0.4) is 0 Å². The van der Waals surface area contributed by atoms with E-state index in [0.29, 0.717) is 24.0 Å². The second kappa shape index (κ2) is 9.41. The molecule has 3 atom stereocenters. The van der Waals surface area contributed by atoms with Crippen LogP contribution in [0.4, 0.5) is 0 Å². The normalized spacial score (nSPS) is 19.8. The number of benzene rings is 2. The molecule has 2 unspecified atom stereocenters. The first kappa shape index (κ1) is 23.3. The van der Waals surface area contributed by atoms with E-state index >= 15 is 0 Å². The fraction of sp³-hybridized carbons (Fsp3) is 0.400. The predicted molar refractivity (Wildman–Crippen MR) is 120 cm³/mol. The minimum atomic E-state index is -1.32. The second-order valence-corrected chi connectivity index (χ2v) is 8.52. The number of hydrogen-bond donors (Lipinski definition) is 2. The Morgan fingerprint density at radius 1 is 0.969 bits per heavy atom. The molecule has 0 bridgehead atoms. The van der Waals surface area contributed by atoms with Crippen LogP contribution in [0.25, 0.3) is 0 Å². The largest absolute Gasteiger partial charge is 0.480 e. The van der Waals surface area contributed by atoms with E-state index in [9.17, 15) is 19.5 Å². The Morgan fingerprint density at radius 3 is 1.75 bits per heavy atom. The highest BCUT2D eigenvalue weighted by atomic mass is 16.4. The molecule has 3 rings (SSSR count). The van der Waals surface area contributed by atoms with E-state index < -0.39 is 11.4 Å². The van der Waals surface area contributed by atoms with Crippen molar-refractivity contribution in [1.82, 2.24) is 0 Å². The zero-order valence-corrected chi connectivity index (χ0v) is 18.5. The van der Waals surface area contributed by atoms with Crippen LogP contribution in [0.15, 0.2) is 46.4 Å². The topological polar surface area (TPSA) is 122 Å². The number of carbonyl (C=O) groups excluding carboxylic acids is 2. The van der Waals surface area contributed by atoms with Crippen molar-refractivity contribution in [3.8, 4) is 0 Å². The summed E-state index contributed by atoms with van der Waals surface area (Å²) in [6, 6.07) is 10.1. The van der Waals surface area contributed by atoms with E-state index in [2.05, 4.69) is 9.98 Å². The maximum Gasteiger partial charge on any atom is 0.318 e. The molecule has 0 heterocycles. The van der Waals surface area contributed by atoms with Crippen molar-refractivity contribution in [1.29, 1.82) is 0 Å². The molecule has 2 aromatic carbocycles. The quantitative estimate of drug-likeness (QED) is 0.509. The fourth-order valence-electron chi connectivity index (χ4n) is 4.74. The van der Waals surface area contributed by atoms with Gasteiger partial charge in [-0.15, -0.1) is 0 Å². The summed E-state index contributed by atoms with van der Waals surface area (Å²) in [4.78, 5) is 41.9. The van der Waals surface area contributed by atoms with Crippen molar-refractivity contribution in [2.75, 3.05) is 0 Å². The highest BCUT2D eigenvalue weighted by Gasteiger charge is 2.46. The number of carboxylic acid groups (broad SMARTS) is 1. The Balaban J connectivity index is 2.28. The zero-order chi connectivity index (χ0) is 23.5. The van der Waals surface area contributed by atoms with Gasteiger partial charge in [0.1, 0.15) is 5.41 Å². The van der Waals surface area contributed by atoms with Gasteiger partial charge in [-0.3, -0.25) is 4.79 Å². The molecule has 0 amide bonds. The van der Waals surface area contributed by atoms with E-state index in [-0.39, 0.29) is 24.5 Å². The Hall–Kier alpha value is -3.37. The molecule has 0 spiro atoms. The first-order valence-electron chi connectivity index (χ1n) is 10.6. The molecule has 0 radical (unpaired) electrons. The predicted octanol–water partition coefficient (Wildman–Crippen LogP) is 3.69. The third-order valence-corrected chi connectivity index (χ3v) is 6.29. The van der Waals surface area contributed by atoms with E-state index in [1.54, 1.807) is 32.9 Å². The van der Waals surface area contributed by atoms with E-state index in [1.165, 1.54) is 0 Å². The number of aryl methyl sites for hydroxylation is 2. The summed E-state index contributed by atoms with van der Waals surface area (Å²) in [5.41, 5.74) is 9.71. The lowest BCUT2D eigenvalue weighted by atomic mass is 9.68. The number of fused-ring (bicyclic) bond motifs is 2. The van der Waals surface area contributed by atoms with Crippen molar-refractivity contribution in [2.45, 2.75) is 63.6 Å². The van der Waals surface area contributed by atoms with Crippen molar-refractivity contribution in [2.24, 2.45) is 15.7 Å². The van der Waals surface area contributed by atoms with Crippen LogP contribution in [0.2, 0.25) is 0 Å². The number of carbonyl (C=O) groups is 1. The summed E-state index contributed by atoms with van der Waals surface area (Å²) >= 11 is 0. The van der Waals surface area contributed by atoms with Gasteiger partial charge in [-0.1, -0.05) is 36.4 Å². The zero-order valence-electron chi connectivity index (χ0n) is 18.5. The molecule has 3 N–H and O–H groups in total. The van der Waals surface area contributed by atoms with Gasteiger partial charge in [-0.05, 0) is 73.4 Å². The number of nitrogens with two attached hydrogens (primary N) is 1. The maximum absolute atomic E-state index is 12.9. The molecule has 1 aliphatic rings. The van der Waals surface area contributed by atoms with Gasteiger partial charge in [0.05, 0.1) is 12.1 Å². The summed E-state index contributed by atoms with van der Waals surface area (Å²) in [6.45, 7) is 5.40. The number of rotatable bonds is 7. The SMILES string of the molecule is CC(N=C=O)c1ccc2c(c1)CCc1cc(C(C)N=C=O)ccc1C2(C[C@H](C)N)C(=O)O. The molecule has 166 valence electrons. The Kier molecular flexibility index (Phi) is 6.85. The monoisotopic (exact) mass is 433 g/mol. The summed E-state index contributed by atoms with van der Waals surface area (Å²) < 4.78 is 0.